The molecule has 4 heteroatoms. The number of benzene rings is 2. The maximum Gasteiger partial charge on any atom is 0.181 e. The Morgan fingerprint density at radius 3 is 2.58 bits per heavy atom. The molecule has 19 heavy (non-hydrogen) atoms. The van der Waals surface area contributed by atoms with E-state index in [9.17, 15) is 4.79 Å². The van der Waals surface area contributed by atoms with Crippen molar-refractivity contribution in [2.45, 2.75) is 0 Å². The third kappa shape index (κ3) is 3.96. The van der Waals surface area contributed by atoms with Gasteiger partial charge < -0.3 is 10.1 Å². The zero-order chi connectivity index (χ0) is 13.7. The highest BCUT2D eigenvalue weighted by Crippen LogP contribution is 2.14. The summed E-state index contributed by atoms with van der Waals surface area (Å²) in [6.45, 7) is 0.284. The number of nitrogens with one attached hydrogen (secondary N) is 1. The van der Waals surface area contributed by atoms with E-state index in [1.54, 1.807) is 31.4 Å². The zero-order valence-electron chi connectivity index (χ0n) is 10.5. The minimum atomic E-state index is 0.0570. The number of rotatable bonds is 5. The number of ether oxygens (including phenoxy) is 1. The zero-order valence-corrected chi connectivity index (χ0v) is 12.7. The third-order valence-corrected chi connectivity index (χ3v) is 3.36. The maximum absolute atomic E-state index is 12.0. The standard InChI is InChI=1S/C15H14INO2/c1-19-14-7-5-11(6-8-14)15(18)10-17-13-4-2-3-12(16)9-13/h2-9,17H,10H2,1H3. The number of carbonyl (C=O) groups excluding carboxylic acids is 1. The van der Waals surface area contributed by atoms with Crippen LogP contribution >= 0.6 is 22.6 Å². The van der Waals surface area contributed by atoms with Gasteiger partial charge in [0.15, 0.2) is 5.78 Å². The Labute approximate surface area is 126 Å². The maximum atomic E-state index is 12.0. The summed E-state index contributed by atoms with van der Waals surface area (Å²) in [6, 6.07) is 15.1. The summed E-state index contributed by atoms with van der Waals surface area (Å²) in [4.78, 5) is 12.0. The van der Waals surface area contributed by atoms with E-state index in [4.69, 9.17) is 4.74 Å². The van der Waals surface area contributed by atoms with Crippen molar-refractivity contribution in [2.24, 2.45) is 0 Å². The lowest BCUT2D eigenvalue weighted by Gasteiger charge is -2.06. The van der Waals surface area contributed by atoms with Crippen LogP contribution in [0.2, 0.25) is 0 Å². The van der Waals surface area contributed by atoms with E-state index in [0.717, 1.165) is 15.0 Å². The molecule has 0 aliphatic rings. The summed E-state index contributed by atoms with van der Waals surface area (Å²) in [5.74, 6) is 0.809. The smallest absolute Gasteiger partial charge is 0.181 e. The summed E-state index contributed by atoms with van der Waals surface area (Å²) in [5.41, 5.74) is 1.63. The normalized spacial score (nSPS) is 10.0. The average Bonchev–Trinajstić information content (AvgIpc) is 2.45. The quantitative estimate of drug-likeness (QED) is 0.649. The van der Waals surface area contributed by atoms with Crippen molar-refractivity contribution in [3.05, 3.63) is 57.7 Å². The van der Waals surface area contributed by atoms with Crippen LogP contribution in [0.15, 0.2) is 48.5 Å². The topological polar surface area (TPSA) is 38.3 Å². The molecule has 2 aromatic rings. The number of Topliss-reactive ketones (excluding diaryl/α,β-unsaturated/α-hetero) is 1. The van der Waals surface area contributed by atoms with Crippen molar-refractivity contribution in [3.63, 3.8) is 0 Å². The predicted molar refractivity (Wildman–Crippen MR) is 85.0 cm³/mol. The number of carbonyl (C=O) groups is 1. The summed E-state index contributed by atoms with van der Waals surface area (Å²) < 4.78 is 6.20. The van der Waals surface area contributed by atoms with Gasteiger partial charge in [-0.3, -0.25) is 4.79 Å². The molecule has 0 heterocycles. The van der Waals surface area contributed by atoms with Crippen LogP contribution in [0, 0.1) is 3.57 Å². The lowest BCUT2D eigenvalue weighted by Crippen LogP contribution is -2.13. The molecular formula is C15H14INO2. The second-order valence-electron chi connectivity index (χ2n) is 4.02. The number of hydrogen-bond donors (Lipinski definition) is 1. The molecule has 0 atom stereocenters. The minimum absolute atomic E-state index is 0.0570. The SMILES string of the molecule is COc1ccc(C(=O)CNc2cccc(I)c2)cc1. The predicted octanol–water partition coefficient (Wildman–Crippen LogP) is 3.59. The summed E-state index contributed by atoms with van der Waals surface area (Å²) >= 11 is 2.24. The molecule has 0 saturated heterocycles. The second-order valence-corrected chi connectivity index (χ2v) is 5.26. The first-order chi connectivity index (χ1) is 9.19. The molecule has 2 rings (SSSR count). The lowest BCUT2D eigenvalue weighted by atomic mass is 10.1. The molecule has 1 N–H and O–H groups in total. The van der Waals surface area contributed by atoms with Crippen molar-refractivity contribution in [1.29, 1.82) is 0 Å². The second kappa shape index (κ2) is 6.56. The highest BCUT2D eigenvalue weighted by Gasteiger charge is 2.05. The van der Waals surface area contributed by atoms with E-state index in [0.29, 0.717) is 5.56 Å². The highest BCUT2D eigenvalue weighted by molar-refractivity contribution is 14.1. The monoisotopic (exact) mass is 367 g/mol. The Hall–Kier alpha value is -1.56. The lowest BCUT2D eigenvalue weighted by molar-refractivity contribution is 0.101. The van der Waals surface area contributed by atoms with Gasteiger partial charge in [0.05, 0.1) is 13.7 Å². The first-order valence-corrected chi connectivity index (χ1v) is 6.93. The number of anilines is 1. The average molecular weight is 367 g/mol. The van der Waals surface area contributed by atoms with E-state index >= 15 is 0 Å². The van der Waals surface area contributed by atoms with Crippen molar-refractivity contribution < 1.29 is 9.53 Å². The fourth-order valence-corrected chi connectivity index (χ4v) is 2.20. The summed E-state index contributed by atoms with van der Waals surface area (Å²) in [5, 5.41) is 3.13. The highest BCUT2D eigenvalue weighted by atomic mass is 127. The van der Waals surface area contributed by atoms with Gasteiger partial charge in [0.2, 0.25) is 0 Å². The fourth-order valence-electron chi connectivity index (χ4n) is 1.66. The van der Waals surface area contributed by atoms with Crippen molar-refractivity contribution >= 4 is 34.1 Å². The van der Waals surface area contributed by atoms with Crippen LogP contribution in [0.1, 0.15) is 10.4 Å². The van der Waals surface area contributed by atoms with Crippen molar-refractivity contribution in [2.75, 3.05) is 19.0 Å². The van der Waals surface area contributed by atoms with Crippen molar-refractivity contribution in [1.82, 2.24) is 0 Å². The Morgan fingerprint density at radius 1 is 1.21 bits per heavy atom. The van der Waals surface area contributed by atoms with Gasteiger partial charge in [-0.05, 0) is 65.1 Å². The molecule has 0 bridgehead atoms. The molecule has 3 nitrogen and oxygen atoms in total. The van der Waals surface area contributed by atoms with E-state index in [1.165, 1.54) is 0 Å². The fraction of sp³-hybridized carbons (Fsp3) is 0.133. The molecule has 2 aromatic carbocycles. The summed E-state index contributed by atoms with van der Waals surface area (Å²) in [7, 11) is 1.61. The summed E-state index contributed by atoms with van der Waals surface area (Å²) in [6.07, 6.45) is 0. The van der Waals surface area contributed by atoms with Crippen LogP contribution in [0.4, 0.5) is 5.69 Å². The van der Waals surface area contributed by atoms with Gasteiger partial charge in [-0.15, -0.1) is 0 Å². The Morgan fingerprint density at radius 2 is 1.95 bits per heavy atom. The minimum Gasteiger partial charge on any atom is -0.497 e. The Bertz CT molecular complexity index is 567. The molecule has 0 aliphatic carbocycles. The van der Waals surface area contributed by atoms with E-state index in [1.807, 2.05) is 24.3 Å². The van der Waals surface area contributed by atoms with Crippen LogP contribution in [-0.2, 0) is 0 Å². The van der Waals surface area contributed by atoms with Gasteiger partial charge in [-0.1, -0.05) is 6.07 Å². The van der Waals surface area contributed by atoms with Crippen LogP contribution in [0.5, 0.6) is 5.75 Å². The Balaban J connectivity index is 1.97. The van der Waals surface area contributed by atoms with Gasteiger partial charge in [0.1, 0.15) is 5.75 Å². The first kappa shape index (κ1) is 13.9. The van der Waals surface area contributed by atoms with E-state index < -0.39 is 0 Å². The number of methoxy groups -OCH3 is 1. The van der Waals surface area contributed by atoms with Gasteiger partial charge in [-0.2, -0.15) is 0 Å². The molecule has 98 valence electrons. The molecule has 0 spiro atoms. The van der Waals surface area contributed by atoms with Gasteiger partial charge >= 0.3 is 0 Å². The van der Waals surface area contributed by atoms with Crippen LogP contribution in [0.25, 0.3) is 0 Å². The molecule has 0 aromatic heterocycles. The third-order valence-electron chi connectivity index (χ3n) is 2.69. The molecule has 0 unspecified atom stereocenters. The van der Waals surface area contributed by atoms with Crippen LogP contribution < -0.4 is 10.1 Å². The molecule has 0 aliphatic heterocycles. The first-order valence-electron chi connectivity index (χ1n) is 5.86. The van der Waals surface area contributed by atoms with Crippen LogP contribution in [-0.4, -0.2) is 19.4 Å². The van der Waals surface area contributed by atoms with Gasteiger partial charge in [0.25, 0.3) is 0 Å². The van der Waals surface area contributed by atoms with Crippen molar-refractivity contribution in [3.8, 4) is 5.75 Å². The van der Waals surface area contributed by atoms with Gasteiger partial charge in [-0.25, -0.2) is 0 Å². The molecular weight excluding hydrogens is 353 g/mol. The number of halogens is 1. The molecule has 0 fully saturated rings. The number of hydrogen-bond acceptors (Lipinski definition) is 3. The van der Waals surface area contributed by atoms with Gasteiger partial charge in [0, 0.05) is 14.8 Å². The molecule has 0 amide bonds. The Kier molecular flexibility index (Phi) is 4.79. The largest absolute Gasteiger partial charge is 0.497 e. The number of ketones is 1. The molecule has 0 radical (unpaired) electrons. The van der Waals surface area contributed by atoms with Crippen LogP contribution in [0.3, 0.4) is 0 Å². The van der Waals surface area contributed by atoms with E-state index in [-0.39, 0.29) is 12.3 Å². The molecule has 0 saturated carbocycles. The van der Waals surface area contributed by atoms with E-state index in [2.05, 4.69) is 27.9 Å².